The van der Waals surface area contributed by atoms with Gasteiger partial charge in [0, 0.05) is 12.8 Å². The molecule has 0 aliphatic carbocycles. The summed E-state index contributed by atoms with van der Waals surface area (Å²) in [4.78, 5) is 1.70. The molecule has 1 fully saturated rings. The number of aliphatic hydroxyl groups excluding tert-OH is 1. The lowest BCUT2D eigenvalue weighted by molar-refractivity contribution is -0.956. The van der Waals surface area contributed by atoms with Crippen LogP contribution in [0.25, 0.3) is 0 Å². The van der Waals surface area contributed by atoms with Crippen LogP contribution >= 0.6 is 0 Å². The van der Waals surface area contributed by atoms with Crippen LogP contribution in [0.4, 0.5) is 0 Å². The highest BCUT2D eigenvalue weighted by Gasteiger charge is 2.34. The first-order valence-electron chi connectivity index (χ1n) is 7.51. The SMILES string of the molecule is CC(C)CC1CCCC(CC(C)C)[NH+]1CCO. The van der Waals surface area contributed by atoms with Gasteiger partial charge in [0.2, 0.25) is 0 Å². The number of quaternary nitrogens is 1. The topological polar surface area (TPSA) is 24.7 Å². The summed E-state index contributed by atoms with van der Waals surface area (Å²) in [5.74, 6) is 1.57. The van der Waals surface area contributed by atoms with Gasteiger partial charge in [0.1, 0.15) is 6.54 Å². The minimum absolute atomic E-state index is 0.346. The zero-order valence-electron chi connectivity index (χ0n) is 12.2. The predicted molar refractivity (Wildman–Crippen MR) is 73.3 cm³/mol. The van der Waals surface area contributed by atoms with Gasteiger partial charge in [-0.15, -0.1) is 0 Å². The van der Waals surface area contributed by atoms with Crippen molar-refractivity contribution in [1.29, 1.82) is 0 Å². The van der Waals surface area contributed by atoms with E-state index in [4.69, 9.17) is 0 Å². The highest BCUT2D eigenvalue weighted by atomic mass is 16.3. The molecule has 0 saturated carbocycles. The monoisotopic (exact) mass is 242 g/mol. The van der Waals surface area contributed by atoms with Gasteiger partial charge in [-0.25, -0.2) is 0 Å². The Balaban J connectivity index is 2.62. The summed E-state index contributed by atoms with van der Waals surface area (Å²) < 4.78 is 0. The van der Waals surface area contributed by atoms with Gasteiger partial charge in [-0.1, -0.05) is 27.7 Å². The number of hydrogen-bond donors (Lipinski definition) is 2. The summed E-state index contributed by atoms with van der Waals surface area (Å²) in [6, 6.07) is 1.58. The van der Waals surface area contributed by atoms with Crippen LogP contribution in [0.15, 0.2) is 0 Å². The van der Waals surface area contributed by atoms with Gasteiger partial charge in [0.25, 0.3) is 0 Å². The molecule has 1 aliphatic heterocycles. The number of piperidine rings is 1. The fourth-order valence-electron chi connectivity index (χ4n) is 3.53. The van der Waals surface area contributed by atoms with Crippen LogP contribution < -0.4 is 4.90 Å². The molecule has 1 rings (SSSR count). The van der Waals surface area contributed by atoms with E-state index in [0.29, 0.717) is 6.61 Å². The van der Waals surface area contributed by atoms with Crippen molar-refractivity contribution in [3.63, 3.8) is 0 Å². The predicted octanol–water partition coefficient (Wildman–Crippen LogP) is 1.88. The van der Waals surface area contributed by atoms with Crippen molar-refractivity contribution in [1.82, 2.24) is 0 Å². The summed E-state index contributed by atoms with van der Waals surface area (Å²) in [7, 11) is 0. The molecule has 1 heterocycles. The molecule has 0 bridgehead atoms. The van der Waals surface area contributed by atoms with E-state index < -0.39 is 0 Å². The molecule has 2 heteroatoms. The van der Waals surface area contributed by atoms with E-state index in [1.165, 1.54) is 32.1 Å². The van der Waals surface area contributed by atoms with Crippen molar-refractivity contribution >= 4 is 0 Å². The minimum Gasteiger partial charge on any atom is -0.391 e. The molecule has 1 saturated heterocycles. The van der Waals surface area contributed by atoms with Crippen LogP contribution in [0.3, 0.4) is 0 Å². The molecule has 102 valence electrons. The van der Waals surface area contributed by atoms with E-state index in [-0.39, 0.29) is 0 Å². The molecule has 2 unspecified atom stereocenters. The van der Waals surface area contributed by atoms with Gasteiger partial charge in [0.15, 0.2) is 0 Å². The molecular formula is C15H32NO+. The molecule has 0 aromatic carbocycles. The van der Waals surface area contributed by atoms with Crippen LogP contribution in [-0.4, -0.2) is 30.3 Å². The Hall–Kier alpha value is -0.0800. The van der Waals surface area contributed by atoms with E-state index in [0.717, 1.165) is 30.5 Å². The first-order valence-corrected chi connectivity index (χ1v) is 7.51. The van der Waals surface area contributed by atoms with Gasteiger partial charge >= 0.3 is 0 Å². The smallest absolute Gasteiger partial charge is 0.101 e. The third-order valence-electron chi connectivity index (χ3n) is 4.07. The Morgan fingerprint density at radius 3 is 1.82 bits per heavy atom. The standard InChI is InChI=1S/C15H31NO/c1-12(2)10-14-6-5-7-15(11-13(3)4)16(14)8-9-17/h12-15,17H,5-11H2,1-4H3/p+1. The molecule has 0 aromatic rings. The van der Waals surface area contributed by atoms with Gasteiger partial charge in [-0.05, 0) is 31.1 Å². The van der Waals surface area contributed by atoms with E-state index in [9.17, 15) is 5.11 Å². The Morgan fingerprint density at radius 2 is 1.47 bits per heavy atom. The maximum absolute atomic E-state index is 9.30. The van der Waals surface area contributed by atoms with Gasteiger partial charge < -0.3 is 10.0 Å². The van der Waals surface area contributed by atoms with Gasteiger partial charge in [-0.2, -0.15) is 0 Å². The van der Waals surface area contributed by atoms with Crippen LogP contribution in [0, 0.1) is 11.8 Å². The highest BCUT2D eigenvalue weighted by molar-refractivity contribution is 4.71. The van der Waals surface area contributed by atoms with Crippen LogP contribution in [0.1, 0.15) is 59.8 Å². The summed E-state index contributed by atoms with van der Waals surface area (Å²) in [5, 5.41) is 9.30. The first-order chi connectivity index (χ1) is 8.04. The number of nitrogens with one attached hydrogen (secondary N) is 1. The zero-order chi connectivity index (χ0) is 12.8. The summed E-state index contributed by atoms with van der Waals surface area (Å²) in [5.41, 5.74) is 0. The molecule has 0 spiro atoms. The van der Waals surface area contributed by atoms with Gasteiger partial charge in [0.05, 0.1) is 18.7 Å². The number of hydrogen-bond acceptors (Lipinski definition) is 1. The number of aliphatic hydroxyl groups is 1. The lowest BCUT2D eigenvalue weighted by Gasteiger charge is -2.40. The molecule has 2 atom stereocenters. The van der Waals surface area contributed by atoms with E-state index in [2.05, 4.69) is 27.7 Å². The normalized spacial score (nSPS) is 30.2. The first kappa shape index (κ1) is 15.0. The van der Waals surface area contributed by atoms with E-state index in [1.54, 1.807) is 4.90 Å². The molecule has 1 aliphatic rings. The second-order valence-corrected chi connectivity index (χ2v) is 6.63. The van der Waals surface area contributed by atoms with Crippen molar-refractivity contribution in [2.24, 2.45) is 11.8 Å². The summed E-state index contributed by atoms with van der Waals surface area (Å²) >= 11 is 0. The summed E-state index contributed by atoms with van der Waals surface area (Å²) in [6.45, 7) is 10.6. The largest absolute Gasteiger partial charge is 0.391 e. The Kier molecular flexibility index (Phi) is 6.50. The maximum atomic E-state index is 9.30. The molecular weight excluding hydrogens is 210 g/mol. The van der Waals surface area contributed by atoms with Crippen LogP contribution in [-0.2, 0) is 0 Å². The van der Waals surface area contributed by atoms with Crippen molar-refractivity contribution in [3.8, 4) is 0 Å². The van der Waals surface area contributed by atoms with Crippen LogP contribution in [0.2, 0.25) is 0 Å². The number of rotatable bonds is 6. The second-order valence-electron chi connectivity index (χ2n) is 6.63. The van der Waals surface area contributed by atoms with E-state index >= 15 is 0 Å². The van der Waals surface area contributed by atoms with E-state index in [1.807, 2.05) is 0 Å². The lowest BCUT2D eigenvalue weighted by Crippen LogP contribution is -3.20. The van der Waals surface area contributed by atoms with Crippen LogP contribution in [0.5, 0.6) is 0 Å². The molecule has 2 N–H and O–H groups in total. The van der Waals surface area contributed by atoms with Gasteiger partial charge in [-0.3, -0.25) is 0 Å². The summed E-state index contributed by atoms with van der Waals surface area (Å²) in [6.07, 6.45) is 6.77. The molecule has 0 radical (unpaired) electrons. The third kappa shape index (κ3) is 4.97. The second kappa shape index (κ2) is 7.38. The third-order valence-corrected chi connectivity index (χ3v) is 4.07. The Labute approximate surface area is 107 Å². The zero-order valence-corrected chi connectivity index (χ0v) is 12.2. The lowest BCUT2D eigenvalue weighted by atomic mass is 9.87. The number of likely N-dealkylation sites (tertiary alicyclic amines) is 1. The average molecular weight is 242 g/mol. The Bertz CT molecular complexity index is 185. The van der Waals surface area contributed by atoms with Crippen molar-refractivity contribution in [2.45, 2.75) is 71.9 Å². The minimum atomic E-state index is 0.346. The Morgan fingerprint density at radius 1 is 1.00 bits per heavy atom. The van der Waals surface area contributed by atoms with Crippen molar-refractivity contribution in [3.05, 3.63) is 0 Å². The molecule has 17 heavy (non-hydrogen) atoms. The fraction of sp³-hybridized carbons (Fsp3) is 1.00. The van der Waals surface area contributed by atoms with Crippen molar-refractivity contribution in [2.75, 3.05) is 13.2 Å². The quantitative estimate of drug-likeness (QED) is 0.730. The average Bonchev–Trinajstić information content (AvgIpc) is 2.21. The fourth-order valence-corrected chi connectivity index (χ4v) is 3.53. The molecule has 0 amide bonds. The van der Waals surface area contributed by atoms with Crippen molar-refractivity contribution < 1.29 is 10.0 Å². The molecule has 0 aromatic heterocycles. The molecule has 2 nitrogen and oxygen atoms in total. The highest BCUT2D eigenvalue weighted by Crippen LogP contribution is 2.18. The maximum Gasteiger partial charge on any atom is 0.101 e.